The highest BCUT2D eigenvalue weighted by Gasteiger charge is 2.07. The van der Waals surface area contributed by atoms with Crippen LogP contribution >= 0.6 is 0 Å². The first kappa shape index (κ1) is 10.6. The molecule has 2 aromatic rings. The third-order valence-corrected chi connectivity index (χ3v) is 2.32. The van der Waals surface area contributed by atoms with E-state index in [1.54, 1.807) is 6.07 Å². The van der Waals surface area contributed by atoms with Gasteiger partial charge in [-0.25, -0.2) is 9.97 Å². The number of nitrogens with one attached hydrogen (secondary N) is 1. The number of nitrogens with zero attached hydrogens (tertiary/aromatic N) is 3. The summed E-state index contributed by atoms with van der Waals surface area (Å²) < 4.78 is 1.37. The van der Waals surface area contributed by atoms with Gasteiger partial charge in [0, 0.05) is 23.1 Å². The van der Waals surface area contributed by atoms with Gasteiger partial charge >= 0.3 is 0 Å². The topological polar surface area (TPSA) is 63.6 Å². The molecule has 0 atom stereocenters. The molecule has 0 aromatic carbocycles. The van der Waals surface area contributed by atoms with Crippen molar-refractivity contribution in [2.75, 3.05) is 0 Å². The van der Waals surface area contributed by atoms with Gasteiger partial charge in [0.25, 0.3) is 11.5 Å². The summed E-state index contributed by atoms with van der Waals surface area (Å²) in [5, 5.41) is 2.98. The average molecular weight is 218 g/mol. The third kappa shape index (κ3) is 1.88. The van der Waals surface area contributed by atoms with E-state index >= 15 is 0 Å². The highest BCUT2D eigenvalue weighted by Crippen LogP contribution is 2.02. The largest absolute Gasteiger partial charge is 0.292 e. The van der Waals surface area contributed by atoms with Crippen LogP contribution in [-0.2, 0) is 6.42 Å². The number of aromatic amines is 1. The van der Waals surface area contributed by atoms with Gasteiger partial charge in [-0.2, -0.15) is 4.68 Å². The van der Waals surface area contributed by atoms with Crippen molar-refractivity contribution < 1.29 is 0 Å². The average Bonchev–Trinajstić information content (AvgIpc) is 2.58. The molecule has 0 aliphatic carbocycles. The Morgan fingerprint density at radius 1 is 1.25 bits per heavy atom. The predicted molar refractivity (Wildman–Crippen MR) is 60.8 cm³/mol. The first-order chi connectivity index (χ1) is 7.60. The number of hydrogen-bond acceptors (Lipinski definition) is 3. The molecule has 0 amide bonds. The summed E-state index contributed by atoms with van der Waals surface area (Å²) in [5.41, 5.74) is 2.46. The van der Waals surface area contributed by atoms with Crippen molar-refractivity contribution in [3.8, 4) is 5.95 Å². The second-order valence-corrected chi connectivity index (χ2v) is 3.76. The molecule has 2 aromatic heterocycles. The molecular formula is C11H14N4O. The summed E-state index contributed by atoms with van der Waals surface area (Å²) in [7, 11) is 0. The fourth-order valence-electron chi connectivity index (χ4n) is 1.58. The minimum Gasteiger partial charge on any atom is -0.292 e. The lowest BCUT2D eigenvalue weighted by atomic mass is 10.3. The lowest BCUT2D eigenvalue weighted by Crippen LogP contribution is -2.17. The van der Waals surface area contributed by atoms with Crippen molar-refractivity contribution in [2.24, 2.45) is 0 Å². The monoisotopic (exact) mass is 218 g/mol. The van der Waals surface area contributed by atoms with Crippen LogP contribution in [-0.4, -0.2) is 19.7 Å². The normalized spacial score (nSPS) is 10.7. The van der Waals surface area contributed by atoms with Crippen LogP contribution in [0.4, 0.5) is 0 Å². The molecule has 5 heteroatoms. The summed E-state index contributed by atoms with van der Waals surface area (Å²) in [6.07, 6.45) is 0.785. The van der Waals surface area contributed by atoms with Crippen molar-refractivity contribution in [1.29, 1.82) is 0 Å². The van der Waals surface area contributed by atoms with E-state index in [4.69, 9.17) is 0 Å². The van der Waals surface area contributed by atoms with Crippen LogP contribution in [0, 0.1) is 13.8 Å². The maximum absolute atomic E-state index is 11.7. The fourth-order valence-corrected chi connectivity index (χ4v) is 1.58. The number of H-pyrrole nitrogens is 1. The Hall–Kier alpha value is -1.91. The zero-order valence-electron chi connectivity index (χ0n) is 9.61. The van der Waals surface area contributed by atoms with Crippen LogP contribution < -0.4 is 5.56 Å². The Kier molecular flexibility index (Phi) is 2.60. The van der Waals surface area contributed by atoms with E-state index in [1.165, 1.54) is 4.68 Å². The van der Waals surface area contributed by atoms with Crippen LogP contribution in [0.25, 0.3) is 5.95 Å². The quantitative estimate of drug-likeness (QED) is 0.822. The van der Waals surface area contributed by atoms with E-state index < -0.39 is 0 Å². The Balaban J connectivity index is 2.57. The Morgan fingerprint density at radius 3 is 2.38 bits per heavy atom. The highest BCUT2D eigenvalue weighted by molar-refractivity contribution is 5.18. The van der Waals surface area contributed by atoms with Crippen LogP contribution in [0.3, 0.4) is 0 Å². The van der Waals surface area contributed by atoms with Gasteiger partial charge in [0.05, 0.1) is 0 Å². The molecule has 16 heavy (non-hydrogen) atoms. The first-order valence-electron chi connectivity index (χ1n) is 5.23. The first-order valence-corrected chi connectivity index (χ1v) is 5.23. The highest BCUT2D eigenvalue weighted by atomic mass is 16.1. The molecule has 0 saturated heterocycles. The molecule has 84 valence electrons. The van der Waals surface area contributed by atoms with E-state index in [0.29, 0.717) is 5.95 Å². The van der Waals surface area contributed by atoms with Gasteiger partial charge in [0.1, 0.15) is 0 Å². The number of hydrogen-bond donors (Lipinski definition) is 1. The Morgan fingerprint density at radius 2 is 1.88 bits per heavy atom. The van der Waals surface area contributed by atoms with Gasteiger partial charge in [0.2, 0.25) is 0 Å². The smallest absolute Gasteiger partial charge is 0.274 e. The molecule has 2 rings (SSSR count). The summed E-state index contributed by atoms with van der Waals surface area (Å²) in [4.78, 5) is 20.1. The molecule has 0 spiro atoms. The molecule has 0 unspecified atom stereocenters. The molecule has 0 aliphatic rings. The number of aryl methyl sites for hydroxylation is 3. The predicted octanol–water partition coefficient (Wildman–Crippen LogP) is 1.13. The van der Waals surface area contributed by atoms with Crippen LogP contribution in [0.1, 0.15) is 24.0 Å². The van der Waals surface area contributed by atoms with E-state index in [-0.39, 0.29) is 5.56 Å². The maximum atomic E-state index is 11.7. The van der Waals surface area contributed by atoms with Gasteiger partial charge in [-0.15, -0.1) is 0 Å². The minimum atomic E-state index is -0.123. The summed E-state index contributed by atoms with van der Waals surface area (Å²) >= 11 is 0. The second kappa shape index (κ2) is 3.92. The van der Waals surface area contributed by atoms with E-state index in [2.05, 4.69) is 15.1 Å². The van der Waals surface area contributed by atoms with Crippen LogP contribution in [0.5, 0.6) is 0 Å². The zero-order chi connectivity index (χ0) is 11.7. The summed E-state index contributed by atoms with van der Waals surface area (Å²) in [5.74, 6) is 0.405. The molecular weight excluding hydrogens is 204 g/mol. The molecule has 2 heterocycles. The zero-order valence-corrected chi connectivity index (χ0v) is 9.61. The second-order valence-electron chi connectivity index (χ2n) is 3.76. The molecule has 0 fully saturated rings. The molecule has 0 radical (unpaired) electrons. The SMILES string of the molecule is CCc1cc(=O)n(-c2nc(C)cc(C)n2)[nH]1. The van der Waals surface area contributed by atoms with Crippen molar-refractivity contribution in [3.63, 3.8) is 0 Å². The van der Waals surface area contributed by atoms with E-state index in [0.717, 1.165) is 23.5 Å². The van der Waals surface area contributed by atoms with Crippen molar-refractivity contribution in [1.82, 2.24) is 19.7 Å². The van der Waals surface area contributed by atoms with Gasteiger partial charge in [-0.1, -0.05) is 6.92 Å². The van der Waals surface area contributed by atoms with Crippen molar-refractivity contribution >= 4 is 0 Å². The third-order valence-electron chi connectivity index (χ3n) is 2.32. The molecule has 0 bridgehead atoms. The van der Waals surface area contributed by atoms with Gasteiger partial charge < -0.3 is 0 Å². The summed E-state index contributed by atoms with van der Waals surface area (Å²) in [6, 6.07) is 3.44. The molecule has 0 saturated carbocycles. The fraction of sp³-hybridized carbons (Fsp3) is 0.364. The van der Waals surface area contributed by atoms with Gasteiger partial charge in [0.15, 0.2) is 0 Å². The summed E-state index contributed by atoms with van der Waals surface area (Å²) in [6.45, 7) is 5.75. The van der Waals surface area contributed by atoms with E-state index in [1.807, 2.05) is 26.8 Å². The van der Waals surface area contributed by atoms with Gasteiger partial charge in [-0.05, 0) is 26.3 Å². The van der Waals surface area contributed by atoms with Gasteiger partial charge in [-0.3, -0.25) is 9.89 Å². The molecule has 5 nitrogen and oxygen atoms in total. The number of rotatable bonds is 2. The van der Waals surface area contributed by atoms with Crippen LogP contribution in [0.15, 0.2) is 16.9 Å². The lowest BCUT2D eigenvalue weighted by molar-refractivity contribution is 0.754. The maximum Gasteiger partial charge on any atom is 0.274 e. The number of aromatic nitrogens is 4. The standard InChI is InChI=1S/C11H14N4O/c1-4-9-6-10(16)15(14-9)11-12-7(2)5-8(3)13-11/h5-6,14H,4H2,1-3H3. The molecule has 1 N–H and O–H groups in total. The van der Waals surface area contributed by atoms with Crippen molar-refractivity contribution in [3.05, 3.63) is 39.6 Å². The Bertz CT molecular complexity index is 547. The van der Waals surface area contributed by atoms with Crippen LogP contribution in [0.2, 0.25) is 0 Å². The van der Waals surface area contributed by atoms with E-state index in [9.17, 15) is 4.79 Å². The Labute approximate surface area is 93.2 Å². The van der Waals surface area contributed by atoms with Crippen molar-refractivity contribution in [2.45, 2.75) is 27.2 Å². The lowest BCUT2D eigenvalue weighted by Gasteiger charge is -2.02. The molecule has 0 aliphatic heterocycles. The minimum absolute atomic E-state index is 0.123.